The van der Waals surface area contributed by atoms with Crippen molar-refractivity contribution in [3.63, 3.8) is 0 Å². The van der Waals surface area contributed by atoms with Crippen molar-refractivity contribution >= 4 is 0 Å². The van der Waals surface area contributed by atoms with E-state index in [2.05, 4.69) is 0 Å². The molecular formula is C16H15F2NO. The van der Waals surface area contributed by atoms with E-state index in [0.717, 1.165) is 30.0 Å². The molecule has 0 aromatic heterocycles. The summed E-state index contributed by atoms with van der Waals surface area (Å²) >= 11 is 0. The van der Waals surface area contributed by atoms with Crippen LogP contribution in [0.4, 0.5) is 8.78 Å². The summed E-state index contributed by atoms with van der Waals surface area (Å²) in [4.78, 5) is 0. The molecule has 2 nitrogen and oxygen atoms in total. The van der Waals surface area contributed by atoms with Gasteiger partial charge in [-0.3, -0.25) is 0 Å². The number of nitrogens with two attached hydrogens (primary N) is 1. The van der Waals surface area contributed by atoms with Crippen molar-refractivity contribution in [1.82, 2.24) is 0 Å². The first-order valence-corrected chi connectivity index (χ1v) is 6.60. The largest absolute Gasteiger partial charge is 0.489 e. The zero-order valence-electron chi connectivity index (χ0n) is 10.9. The van der Waals surface area contributed by atoms with Crippen LogP contribution in [-0.2, 0) is 13.0 Å². The SMILES string of the molecule is NC1CCc2c(OCc3cccc(F)c3F)cccc21. The van der Waals surface area contributed by atoms with Gasteiger partial charge in [-0.15, -0.1) is 0 Å². The lowest BCUT2D eigenvalue weighted by atomic mass is 10.1. The van der Waals surface area contributed by atoms with E-state index in [0.29, 0.717) is 5.75 Å². The molecule has 0 saturated carbocycles. The van der Waals surface area contributed by atoms with Crippen molar-refractivity contribution in [2.75, 3.05) is 0 Å². The number of benzene rings is 2. The van der Waals surface area contributed by atoms with Crippen LogP contribution in [0.1, 0.15) is 29.2 Å². The topological polar surface area (TPSA) is 35.2 Å². The molecule has 0 fully saturated rings. The number of hydrogen-bond acceptors (Lipinski definition) is 2. The van der Waals surface area contributed by atoms with Gasteiger partial charge >= 0.3 is 0 Å². The molecule has 0 saturated heterocycles. The third-order valence-electron chi connectivity index (χ3n) is 3.69. The Kier molecular flexibility index (Phi) is 3.40. The van der Waals surface area contributed by atoms with E-state index in [1.165, 1.54) is 12.1 Å². The van der Waals surface area contributed by atoms with Crippen molar-refractivity contribution in [2.24, 2.45) is 5.73 Å². The Morgan fingerprint density at radius 1 is 1.15 bits per heavy atom. The van der Waals surface area contributed by atoms with Gasteiger partial charge in [0.25, 0.3) is 0 Å². The zero-order chi connectivity index (χ0) is 14.1. The van der Waals surface area contributed by atoms with E-state index in [1.54, 1.807) is 0 Å². The predicted octanol–water partition coefficient (Wildman–Crippen LogP) is 3.49. The molecule has 0 aliphatic heterocycles. The average Bonchev–Trinajstić information content (AvgIpc) is 2.83. The van der Waals surface area contributed by atoms with Gasteiger partial charge in [-0.05, 0) is 36.1 Å². The smallest absolute Gasteiger partial charge is 0.165 e. The molecule has 4 heteroatoms. The van der Waals surface area contributed by atoms with Crippen molar-refractivity contribution in [3.05, 3.63) is 64.7 Å². The van der Waals surface area contributed by atoms with Crippen LogP contribution in [0.15, 0.2) is 36.4 Å². The fraction of sp³-hybridized carbons (Fsp3) is 0.250. The lowest BCUT2D eigenvalue weighted by Gasteiger charge is -2.12. The van der Waals surface area contributed by atoms with Gasteiger partial charge in [-0.2, -0.15) is 0 Å². The molecule has 0 bridgehead atoms. The monoisotopic (exact) mass is 275 g/mol. The summed E-state index contributed by atoms with van der Waals surface area (Å²) in [6, 6.07) is 9.84. The minimum atomic E-state index is -0.855. The Hall–Kier alpha value is -1.94. The highest BCUT2D eigenvalue weighted by Gasteiger charge is 2.22. The maximum absolute atomic E-state index is 13.6. The summed E-state index contributed by atoms with van der Waals surface area (Å²) in [5.41, 5.74) is 8.38. The highest BCUT2D eigenvalue weighted by Crippen LogP contribution is 2.35. The number of ether oxygens (including phenoxy) is 1. The Morgan fingerprint density at radius 2 is 1.95 bits per heavy atom. The van der Waals surface area contributed by atoms with E-state index in [1.807, 2.05) is 18.2 Å². The van der Waals surface area contributed by atoms with Crippen molar-refractivity contribution in [1.29, 1.82) is 0 Å². The third-order valence-corrected chi connectivity index (χ3v) is 3.69. The molecule has 0 heterocycles. The van der Waals surface area contributed by atoms with E-state index in [9.17, 15) is 8.78 Å². The molecule has 1 atom stereocenters. The van der Waals surface area contributed by atoms with Crippen LogP contribution in [0.5, 0.6) is 5.75 Å². The number of hydrogen-bond donors (Lipinski definition) is 1. The van der Waals surface area contributed by atoms with Gasteiger partial charge in [0, 0.05) is 11.6 Å². The van der Waals surface area contributed by atoms with Gasteiger partial charge in [0.05, 0.1) is 0 Å². The van der Waals surface area contributed by atoms with Crippen LogP contribution in [-0.4, -0.2) is 0 Å². The number of fused-ring (bicyclic) bond motifs is 1. The molecule has 1 aliphatic rings. The molecule has 1 aliphatic carbocycles. The molecule has 104 valence electrons. The molecule has 3 rings (SSSR count). The van der Waals surface area contributed by atoms with Crippen LogP contribution < -0.4 is 10.5 Å². The predicted molar refractivity (Wildman–Crippen MR) is 72.4 cm³/mol. The first-order valence-electron chi connectivity index (χ1n) is 6.60. The summed E-state index contributed by atoms with van der Waals surface area (Å²) in [7, 11) is 0. The zero-order valence-corrected chi connectivity index (χ0v) is 10.9. The molecule has 2 aromatic carbocycles. The summed E-state index contributed by atoms with van der Waals surface area (Å²) in [6.45, 7) is 0.00921. The summed E-state index contributed by atoms with van der Waals surface area (Å²) in [5, 5.41) is 0. The van der Waals surface area contributed by atoms with Crippen LogP contribution >= 0.6 is 0 Å². The van der Waals surface area contributed by atoms with E-state index >= 15 is 0 Å². The molecule has 1 unspecified atom stereocenters. The van der Waals surface area contributed by atoms with Crippen molar-refractivity contribution < 1.29 is 13.5 Å². The number of halogens is 2. The molecule has 0 radical (unpaired) electrons. The third kappa shape index (κ3) is 2.27. The Labute approximate surface area is 116 Å². The van der Waals surface area contributed by atoms with Gasteiger partial charge < -0.3 is 10.5 Å². The van der Waals surface area contributed by atoms with Crippen LogP contribution in [0.2, 0.25) is 0 Å². The fourth-order valence-electron chi connectivity index (χ4n) is 2.60. The lowest BCUT2D eigenvalue weighted by Crippen LogP contribution is -2.05. The first kappa shape index (κ1) is 13.1. The average molecular weight is 275 g/mol. The van der Waals surface area contributed by atoms with Gasteiger partial charge in [-0.1, -0.05) is 24.3 Å². The molecule has 0 spiro atoms. The summed E-state index contributed by atoms with van der Waals surface area (Å²) in [6.07, 6.45) is 1.75. The Balaban J connectivity index is 1.81. The fourth-order valence-corrected chi connectivity index (χ4v) is 2.60. The second-order valence-electron chi connectivity index (χ2n) is 4.97. The van der Waals surface area contributed by atoms with Crippen LogP contribution in [0.3, 0.4) is 0 Å². The minimum absolute atomic E-state index is 0.00921. The highest BCUT2D eigenvalue weighted by molar-refractivity contribution is 5.45. The maximum atomic E-state index is 13.6. The van der Waals surface area contributed by atoms with E-state index in [4.69, 9.17) is 10.5 Å². The second kappa shape index (κ2) is 5.21. The standard InChI is InChI=1S/C16H15F2NO/c17-13-5-1-3-10(16(13)18)9-20-15-6-2-4-11-12(15)7-8-14(11)19/h1-6,14H,7-9,19H2. The van der Waals surface area contributed by atoms with Gasteiger partial charge in [0.15, 0.2) is 11.6 Å². The molecular weight excluding hydrogens is 260 g/mol. The van der Waals surface area contributed by atoms with Crippen LogP contribution in [0, 0.1) is 11.6 Å². The lowest BCUT2D eigenvalue weighted by molar-refractivity contribution is 0.294. The highest BCUT2D eigenvalue weighted by atomic mass is 19.2. The minimum Gasteiger partial charge on any atom is -0.489 e. The van der Waals surface area contributed by atoms with E-state index < -0.39 is 11.6 Å². The van der Waals surface area contributed by atoms with Gasteiger partial charge in [0.1, 0.15) is 12.4 Å². The normalized spacial score (nSPS) is 17.1. The summed E-state index contributed by atoms with van der Waals surface area (Å²) < 4.78 is 32.4. The molecule has 0 amide bonds. The Morgan fingerprint density at radius 3 is 2.80 bits per heavy atom. The van der Waals surface area contributed by atoms with Gasteiger partial charge in [0.2, 0.25) is 0 Å². The second-order valence-corrected chi connectivity index (χ2v) is 4.97. The molecule has 2 aromatic rings. The van der Waals surface area contributed by atoms with Gasteiger partial charge in [-0.25, -0.2) is 8.78 Å². The van der Waals surface area contributed by atoms with E-state index in [-0.39, 0.29) is 18.2 Å². The number of rotatable bonds is 3. The summed E-state index contributed by atoms with van der Waals surface area (Å²) in [5.74, 6) is -0.998. The Bertz CT molecular complexity index is 642. The van der Waals surface area contributed by atoms with Crippen LogP contribution in [0.25, 0.3) is 0 Å². The molecule has 2 N–H and O–H groups in total. The maximum Gasteiger partial charge on any atom is 0.165 e. The quantitative estimate of drug-likeness (QED) is 0.930. The van der Waals surface area contributed by atoms with Crippen molar-refractivity contribution in [3.8, 4) is 5.75 Å². The molecule has 20 heavy (non-hydrogen) atoms. The first-order chi connectivity index (χ1) is 9.66. The van der Waals surface area contributed by atoms with Crippen molar-refractivity contribution in [2.45, 2.75) is 25.5 Å².